The van der Waals surface area contributed by atoms with Crippen molar-refractivity contribution in [1.29, 1.82) is 0 Å². The standard InChI is InChI=1S/C20H16N4O4S/c25-24(26)18-10-3-4-11-19(18)29(27,28)20(13-12-15-7-5-6-14-21-15)22-16-8-1-2-9-17(16)23-20/h1-11,14H,12-13H2. The molecule has 1 aliphatic rings. The lowest BCUT2D eigenvalue weighted by Gasteiger charge is -2.23. The summed E-state index contributed by atoms with van der Waals surface area (Å²) in [6.45, 7) is 0. The van der Waals surface area contributed by atoms with Gasteiger partial charge in [0.1, 0.15) is 4.90 Å². The molecular formula is C20H16N4O4S. The third-order valence-corrected chi connectivity index (χ3v) is 6.86. The minimum Gasteiger partial charge on any atom is -0.261 e. The van der Waals surface area contributed by atoms with E-state index in [1.165, 1.54) is 24.3 Å². The zero-order chi connectivity index (χ0) is 20.5. The molecule has 9 heteroatoms. The molecule has 2 aromatic carbocycles. The summed E-state index contributed by atoms with van der Waals surface area (Å²) in [5.41, 5.74) is 0.192. The number of benzene rings is 2. The molecule has 0 N–H and O–H groups in total. The molecule has 0 fully saturated rings. The van der Waals surface area contributed by atoms with Gasteiger partial charge in [-0.15, -0.1) is 0 Å². The Balaban J connectivity index is 1.88. The maximum atomic E-state index is 13.7. The van der Waals surface area contributed by atoms with Gasteiger partial charge in [0, 0.05) is 24.4 Å². The van der Waals surface area contributed by atoms with E-state index in [1.54, 1.807) is 42.6 Å². The van der Waals surface area contributed by atoms with E-state index in [0.717, 1.165) is 0 Å². The van der Waals surface area contributed by atoms with E-state index in [0.29, 0.717) is 22.8 Å². The van der Waals surface area contributed by atoms with Crippen molar-refractivity contribution < 1.29 is 13.3 Å². The molecule has 0 unspecified atom stereocenters. The van der Waals surface area contributed by atoms with E-state index < -0.39 is 30.3 Å². The Hall–Kier alpha value is -3.46. The second kappa shape index (κ2) is 7.17. The molecule has 146 valence electrons. The molecule has 0 spiro atoms. The summed E-state index contributed by atoms with van der Waals surface area (Å²) in [5, 5.41) is 12.3. The zero-order valence-electron chi connectivity index (χ0n) is 15.2. The first-order valence-corrected chi connectivity index (χ1v) is 10.3. The molecule has 8 nitrogen and oxygen atoms in total. The lowest BCUT2D eigenvalue weighted by Crippen LogP contribution is -2.35. The average Bonchev–Trinajstić information content (AvgIpc) is 3.13. The Morgan fingerprint density at radius 2 is 1.52 bits per heavy atom. The highest BCUT2D eigenvalue weighted by atomic mass is 32.2. The van der Waals surface area contributed by atoms with Gasteiger partial charge in [-0.1, -0.05) is 30.3 Å². The number of nitro benzene ring substituents is 1. The fraction of sp³-hybridized carbons (Fsp3) is 0.150. The van der Waals surface area contributed by atoms with Crippen LogP contribution in [0.4, 0.5) is 5.69 Å². The van der Waals surface area contributed by atoms with Crippen molar-refractivity contribution in [3.63, 3.8) is 0 Å². The van der Waals surface area contributed by atoms with E-state index in [2.05, 4.69) is 15.0 Å². The first-order chi connectivity index (χ1) is 13.9. The summed E-state index contributed by atoms with van der Waals surface area (Å²) >= 11 is 0. The number of pyridine rings is 1. The van der Waals surface area contributed by atoms with Crippen molar-refractivity contribution in [2.45, 2.75) is 22.7 Å². The van der Waals surface area contributed by atoms with Crippen molar-refractivity contribution in [1.82, 2.24) is 4.98 Å². The van der Waals surface area contributed by atoms with Gasteiger partial charge in [0.15, 0.2) is 0 Å². The van der Waals surface area contributed by atoms with Crippen LogP contribution in [0, 0.1) is 10.1 Å². The van der Waals surface area contributed by atoms with Gasteiger partial charge in [-0.05, 0) is 36.8 Å². The van der Waals surface area contributed by atoms with Crippen LogP contribution in [0.25, 0.3) is 0 Å². The number of aromatic nitrogens is 1. The van der Waals surface area contributed by atoms with Crippen LogP contribution in [-0.2, 0) is 16.3 Å². The Morgan fingerprint density at radius 3 is 2.14 bits per heavy atom. The number of nitrogens with zero attached hydrogens (tertiary/aromatic N) is 4. The van der Waals surface area contributed by atoms with E-state index in [4.69, 9.17) is 0 Å². The summed E-state index contributed by atoms with van der Waals surface area (Å²) in [5.74, 6) is 0. The van der Waals surface area contributed by atoms with Crippen LogP contribution in [0.2, 0.25) is 0 Å². The third-order valence-electron chi connectivity index (χ3n) is 4.69. The highest BCUT2D eigenvalue weighted by Gasteiger charge is 2.48. The molecule has 4 rings (SSSR count). The van der Waals surface area contributed by atoms with Crippen LogP contribution in [0.3, 0.4) is 0 Å². The predicted octanol–water partition coefficient (Wildman–Crippen LogP) is 2.00. The number of nitro groups is 1. The minimum atomic E-state index is -4.32. The normalized spacial score (nSPS) is 14.5. The smallest absolute Gasteiger partial charge is 0.261 e. The van der Waals surface area contributed by atoms with Crippen LogP contribution in [-0.4, -0.2) is 23.3 Å². The number of sulfone groups is 1. The van der Waals surface area contributed by atoms with Crippen molar-refractivity contribution in [2.24, 2.45) is 9.98 Å². The largest absolute Gasteiger partial charge is 0.288 e. The molecule has 2 heterocycles. The highest BCUT2D eigenvalue weighted by Crippen LogP contribution is 2.37. The number of hydrogen-bond acceptors (Lipinski definition) is 7. The second-order valence-electron chi connectivity index (χ2n) is 6.50. The molecule has 0 saturated heterocycles. The van der Waals surface area contributed by atoms with E-state index >= 15 is 0 Å². The topological polar surface area (TPSA) is 115 Å². The van der Waals surface area contributed by atoms with Gasteiger partial charge in [-0.25, -0.2) is 18.4 Å². The van der Waals surface area contributed by atoms with Gasteiger partial charge in [0.05, 0.1) is 15.6 Å². The highest BCUT2D eigenvalue weighted by molar-refractivity contribution is 7.93. The Morgan fingerprint density at radius 1 is 0.897 bits per heavy atom. The Bertz CT molecular complexity index is 1270. The summed E-state index contributed by atoms with van der Waals surface area (Å²) in [6, 6.07) is 17.5. The maximum Gasteiger partial charge on any atom is 0.288 e. The van der Waals surface area contributed by atoms with Crippen LogP contribution >= 0.6 is 0 Å². The maximum absolute atomic E-state index is 13.7. The number of hydrogen-bond donors (Lipinski definition) is 0. The quantitative estimate of drug-likeness (QED) is 0.457. The molecule has 1 aliphatic heterocycles. The third kappa shape index (κ3) is 3.29. The first-order valence-electron chi connectivity index (χ1n) is 8.86. The van der Waals surface area contributed by atoms with Gasteiger partial charge in [-0.3, -0.25) is 15.1 Å². The molecule has 29 heavy (non-hydrogen) atoms. The van der Waals surface area contributed by atoms with Crippen molar-refractivity contribution in [3.8, 4) is 0 Å². The second-order valence-corrected chi connectivity index (χ2v) is 8.61. The molecule has 0 amide bonds. The molecular weight excluding hydrogens is 392 g/mol. The molecule has 0 bridgehead atoms. The van der Waals surface area contributed by atoms with Gasteiger partial charge in [0.25, 0.3) is 10.7 Å². The summed E-state index contributed by atoms with van der Waals surface area (Å²) in [4.78, 5) is 21.6. The number of fused-ring (bicyclic) bond motifs is 1. The summed E-state index contributed by atoms with van der Waals surface area (Å²) in [7, 11) is -4.32. The first kappa shape index (κ1) is 18.9. The van der Waals surface area contributed by atoms with Gasteiger partial charge >= 0.3 is 0 Å². The van der Waals surface area contributed by atoms with E-state index in [1.807, 2.05) is 6.07 Å². The van der Waals surface area contributed by atoms with Gasteiger partial charge in [0.2, 0.25) is 9.84 Å². The molecule has 1 aromatic heterocycles. The lowest BCUT2D eigenvalue weighted by molar-refractivity contribution is -0.387. The summed E-state index contributed by atoms with van der Waals surface area (Å²) in [6.07, 6.45) is 1.92. The molecule has 0 radical (unpaired) electrons. The molecule has 0 atom stereocenters. The van der Waals surface area contributed by atoms with Gasteiger partial charge in [-0.2, -0.15) is 0 Å². The van der Waals surface area contributed by atoms with Crippen LogP contribution in [0.1, 0.15) is 12.1 Å². The Labute approximate surface area is 166 Å². The van der Waals surface area contributed by atoms with Gasteiger partial charge < -0.3 is 0 Å². The van der Waals surface area contributed by atoms with Crippen LogP contribution in [0.5, 0.6) is 0 Å². The van der Waals surface area contributed by atoms with Crippen LogP contribution < -0.4 is 10.7 Å². The van der Waals surface area contributed by atoms with Crippen molar-refractivity contribution >= 4 is 15.5 Å². The molecule has 3 aromatic rings. The minimum absolute atomic E-state index is 0.00702. The van der Waals surface area contributed by atoms with E-state index in [9.17, 15) is 18.5 Å². The SMILES string of the molecule is O=[N+]([O-])c1ccccc1S(=O)(=O)C1(CCc2ccccn2)N=c2ccccc2=N1. The average molecular weight is 408 g/mol. The Kier molecular flexibility index (Phi) is 4.67. The van der Waals surface area contributed by atoms with Crippen molar-refractivity contribution in [2.75, 3.05) is 0 Å². The number of para-hydroxylation sites is 3. The predicted molar refractivity (Wildman–Crippen MR) is 104 cm³/mol. The van der Waals surface area contributed by atoms with Crippen molar-refractivity contribution in [3.05, 3.63) is 99.4 Å². The fourth-order valence-corrected chi connectivity index (χ4v) is 5.10. The number of rotatable bonds is 6. The zero-order valence-corrected chi connectivity index (χ0v) is 16.0. The molecule has 0 aliphatic carbocycles. The lowest BCUT2D eigenvalue weighted by atomic mass is 10.2. The fourth-order valence-electron chi connectivity index (χ4n) is 3.27. The molecule has 0 saturated carbocycles. The monoisotopic (exact) mass is 408 g/mol. The number of aryl methyl sites for hydroxylation is 1. The van der Waals surface area contributed by atoms with E-state index in [-0.39, 0.29) is 6.42 Å². The van der Waals surface area contributed by atoms with Crippen LogP contribution in [0.15, 0.2) is 87.8 Å². The summed E-state index contributed by atoms with van der Waals surface area (Å²) < 4.78 is 27.3.